The van der Waals surface area contributed by atoms with Crippen LogP contribution in [0.25, 0.3) is 0 Å². The maximum absolute atomic E-state index is 13.8. The number of aryl methyl sites for hydroxylation is 1. The first-order valence-electron chi connectivity index (χ1n) is 7.29. The number of nitrogens with zero attached hydrogens (tertiary/aromatic N) is 1. The zero-order valence-corrected chi connectivity index (χ0v) is 12.1. The summed E-state index contributed by atoms with van der Waals surface area (Å²) in [6, 6.07) is 14.5. The van der Waals surface area contributed by atoms with Gasteiger partial charge in [-0.15, -0.1) is 0 Å². The average Bonchev–Trinajstić information content (AvgIpc) is 2.96. The van der Waals surface area contributed by atoms with E-state index in [4.69, 9.17) is 0 Å². The number of carbonyl (C=O) groups is 1. The van der Waals surface area contributed by atoms with Crippen LogP contribution in [-0.2, 0) is 0 Å². The highest BCUT2D eigenvalue weighted by Gasteiger charge is 2.31. The van der Waals surface area contributed by atoms with Crippen LogP contribution in [0.1, 0.15) is 40.4 Å². The number of likely N-dealkylation sites (tertiary alicyclic amines) is 1. The molecular formula is C18H18FNO. The fourth-order valence-corrected chi connectivity index (χ4v) is 3.02. The molecule has 3 rings (SSSR count). The molecule has 3 heteroatoms. The molecule has 2 aromatic rings. The lowest BCUT2D eigenvalue weighted by Gasteiger charge is -2.25. The zero-order valence-electron chi connectivity index (χ0n) is 12.1. The summed E-state index contributed by atoms with van der Waals surface area (Å²) in [6.45, 7) is 2.73. The van der Waals surface area contributed by atoms with Crippen LogP contribution >= 0.6 is 0 Å². The summed E-state index contributed by atoms with van der Waals surface area (Å²) in [5.41, 5.74) is 2.48. The molecule has 1 amide bonds. The second-order valence-electron chi connectivity index (χ2n) is 5.55. The lowest BCUT2D eigenvalue weighted by molar-refractivity contribution is 0.0731. The first-order valence-corrected chi connectivity index (χ1v) is 7.29. The van der Waals surface area contributed by atoms with Gasteiger partial charge in [0.1, 0.15) is 5.82 Å². The molecule has 0 radical (unpaired) electrons. The molecular weight excluding hydrogens is 265 g/mol. The molecule has 0 aliphatic carbocycles. The van der Waals surface area contributed by atoms with Crippen LogP contribution in [0, 0.1) is 12.7 Å². The summed E-state index contributed by atoms with van der Waals surface area (Å²) >= 11 is 0. The summed E-state index contributed by atoms with van der Waals surface area (Å²) in [5, 5.41) is 0. The van der Waals surface area contributed by atoms with Crippen molar-refractivity contribution in [2.45, 2.75) is 25.8 Å². The predicted molar refractivity (Wildman–Crippen MR) is 80.6 cm³/mol. The Balaban J connectivity index is 1.91. The van der Waals surface area contributed by atoms with E-state index in [0.29, 0.717) is 6.54 Å². The summed E-state index contributed by atoms with van der Waals surface area (Å²) in [7, 11) is 0. The van der Waals surface area contributed by atoms with Crippen LogP contribution in [0.5, 0.6) is 0 Å². The van der Waals surface area contributed by atoms with E-state index in [1.54, 1.807) is 23.1 Å². The molecule has 1 aliphatic heterocycles. The quantitative estimate of drug-likeness (QED) is 0.812. The van der Waals surface area contributed by atoms with Gasteiger partial charge in [-0.2, -0.15) is 0 Å². The lowest BCUT2D eigenvalue weighted by Crippen LogP contribution is -2.31. The second kappa shape index (κ2) is 5.68. The van der Waals surface area contributed by atoms with Gasteiger partial charge in [-0.25, -0.2) is 4.39 Å². The first kappa shape index (κ1) is 13.8. The van der Waals surface area contributed by atoms with Crippen molar-refractivity contribution in [3.05, 3.63) is 71.0 Å². The Morgan fingerprint density at radius 3 is 2.76 bits per heavy atom. The van der Waals surface area contributed by atoms with Gasteiger partial charge in [-0.05, 0) is 37.5 Å². The highest BCUT2D eigenvalue weighted by molar-refractivity contribution is 5.95. The number of carbonyl (C=O) groups excluding carboxylic acids is 1. The third-order valence-electron chi connectivity index (χ3n) is 4.04. The molecule has 1 aliphatic rings. The van der Waals surface area contributed by atoms with Crippen LogP contribution in [0.15, 0.2) is 48.5 Å². The van der Waals surface area contributed by atoms with Gasteiger partial charge in [-0.1, -0.05) is 42.0 Å². The van der Waals surface area contributed by atoms with Crippen molar-refractivity contribution >= 4 is 5.91 Å². The SMILES string of the molecule is Cc1cccc([C@@H]2CCCN2C(=O)c2ccccc2F)c1. The van der Waals surface area contributed by atoms with Crippen molar-refractivity contribution in [1.29, 1.82) is 0 Å². The number of hydrogen-bond donors (Lipinski definition) is 0. The first-order chi connectivity index (χ1) is 10.2. The predicted octanol–water partition coefficient (Wildman–Crippen LogP) is 4.11. The number of benzene rings is 2. The molecule has 2 aromatic carbocycles. The van der Waals surface area contributed by atoms with Gasteiger partial charge < -0.3 is 4.90 Å². The fraction of sp³-hybridized carbons (Fsp3) is 0.278. The topological polar surface area (TPSA) is 20.3 Å². The smallest absolute Gasteiger partial charge is 0.257 e. The molecule has 0 bridgehead atoms. The third kappa shape index (κ3) is 2.68. The molecule has 1 atom stereocenters. The standard InChI is InChI=1S/C18H18FNO/c1-13-6-4-7-14(12-13)17-10-5-11-20(17)18(21)15-8-2-3-9-16(15)19/h2-4,6-9,12,17H,5,10-11H2,1H3/t17-/m0/s1. The van der Waals surface area contributed by atoms with Gasteiger partial charge >= 0.3 is 0 Å². The maximum Gasteiger partial charge on any atom is 0.257 e. The molecule has 0 saturated carbocycles. The van der Waals surface area contributed by atoms with Crippen molar-refractivity contribution in [3.63, 3.8) is 0 Å². The van der Waals surface area contributed by atoms with E-state index < -0.39 is 5.82 Å². The Labute approximate surface area is 124 Å². The van der Waals surface area contributed by atoms with E-state index in [-0.39, 0.29) is 17.5 Å². The van der Waals surface area contributed by atoms with E-state index in [2.05, 4.69) is 6.07 Å². The van der Waals surface area contributed by atoms with Crippen LogP contribution in [-0.4, -0.2) is 17.4 Å². The van der Waals surface area contributed by atoms with E-state index >= 15 is 0 Å². The highest BCUT2D eigenvalue weighted by atomic mass is 19.1. The molecule has 0 aromatic heterocycles. The Hall–Kier alpha value is -2.16. The monoisotopic (exact) mass is 283 g/mol. The summed E-state index contributed by atoms with van der Waals surface area (Å²) in [6.07, 6.45) is 1.89. The number of halogens is 1. The third-order valence-corrected chi connectivity index (χ3v) is 4.04. The normalized spacial score (nSPS) is 18.0. The van der Waals surface area contributed by atoms with Gasteiger partial charge in [-0.3, -0.25) is 4.79 Å². The average molecular weight is 283 g/mol. The van der Waals surface area contributed by atoms with Crippen molar-refractivity contribution in [2.75, 3.05) is 6.54 Å². The van der Waals surface area contributed by atoms with Crippen LogP contribution in [0.3, 0.4) is 0 Å². The van der Waals surface area contributed by atoms with Crippen molar-refractivity contribution in [1.82, 2.24) is 4.90 Å². The summed E-state index contributed by atoms with van der Waals surface area (Å²) in [4.78, 5) is 14.4. The van der Waals surface area contributed by atoms with Gasteiger partial charge in [0.05, 0.1) is 11.6 Å². The van der Waals surface area contributed by atoms with Gasteiger partial charge in [0.15, 0.2) is 0 Å². The van der Waals surface area contributed by atoms with Crippen molar-refractivity contribution in [2.24, 2.45) is 0 Å². The maximum atomic E-state index is 13.8. The van der Waals surface area contributed by atoms with Crippen molar-refractivity contribution in [3.8, 4) is 0 Å². The van der Waals surface area contributed by atoms with E-state index in [1.807, 2.05) is 25.1 Å². The second-order valence-corrected chi connectivity index (χ2v) is 5.55. The molecule has 1 heterocycles. The molecule has 108 valence electrons. The van der Waals surface area contributed by atoms with Crippen molar-refractivity contribution < 1.29 is 9.18 Å². The Kier molecular flexibility index (Phi) is 3.74. The molecule has 21 heavy (non-hydrogen) atoms. The van der Waals surface area contributed by atoms with Crippen LogP contribution in [0.2, 0.25) is 0 Å². The minimum atomic E-state index is -0.447. The van der Waals surface area contributed by atoms with E-state index in [9.17, 15) is 9.18 Å². The minimum Gasteiger partial charge on any atom is -0.332 e. The summed E-state index contributed by atoms with van der Waals surface area (Å²) < 4.78 is 13.8. The van der Waals surface area contributed by atoms with Gasteiger partial charge in [0, 0.05) is 6.54 Å². The lowest BCUT2D eigenvalue weighted by atomic mass is 10.0. The van der Waals surface area contributed by atoms with Crippen LogP contribution in [0.4, 0.5) is 4.39 Å². The molecule has 1 fully saturated rings. The zero-order chi connectivity index (χ0) is 14.8. The molecule has 0 unspecified atom stereocenters. The highest BCUT2D eigenvalue weighted by Crippen LogP contribution is 2.33. The molecule has 2 nitrogen and oxygen atoms in total. The molecule has 0 spiro atoms. The molecule has 0 N–H and O–H groups in total. The number of hydrogen-bond acceptors (Lipinski definition) is 1. The largest absolute Gasteiger partial charge is 0.332 e. The molecule has 1 saturated heterocycles. The van der Waals surface area contributed by atoms with E-state index in [0.717, 1.165) is 18.4 Å². The minimum absolute atomic E-state index is 0.0528. The Morgan fingerprint density at radius 1 is 1.19 bits per heavy atom. The van der Waals surface area contributed by atoms with Gasteiger partial charge in [0.25, 0.3) is 5.91 Å². The number of amides is 1. The van der Waals surface area contributed by atoms with Gasteiger partial charge in [0.2, 0.25) is 0 Å². The number of rotatable bonds is 2. The fourth-order valence-electron chi connectivity index (χ4n) is 3.02. The summed E-state index contributed by atoms with van der Waals surface area (Å²) in [5.74, 6) is -0.658. The van der Waals surface area contributed by atoms with Crippen LogP contribution < -0.4 is 0 Å². The van der Waals surface area contributed by atoms with E-state index in [1.165, 1.54) is 11.6 Å². The Morgan fingerprint density at radius 2 is 2.00 bits per heavy atom. The Bertz CT molecular complexity index is 668.